The molecule has 0 radical (unpaired) electrons. The van der Waals surface area contributed by atoms with Crippen molar-refractivity contribution < 1.29 is 9.47 Å². The van der Waals surface area contributed by atoms with Crippen molar-refractivity contribution in [2.75, 3.05) is 19.5 Å². The molecule has 2 N–H and O–H groups in total. The topological polar surface area (TPSA) is 42.5 Å². The van der Waals surface area contributed by atoms with Crippen molar-refractivity contribution in [3.8, 4) is 11.5 Å². The van der Waals surface area contributed by atoms with E-state index in [-0.39, 0.29) is 0 Å². The van der Waals surface area contributed by atoms with Crippen molar-refractivity contribution in [1.29, 1.82) is 0 Å². The Bertz CT molecular complexity index is 669. The Morgan fingerprint density at radius 1 is 0.920 bits per heavy atom. The number of anilines is 1. The van der Waals surface area contributed by atoms with Crippen LogP contribution in [0, 0.1) is 0 Å². The van der Waals surface area contributed by atoms with E-state index in [2.05, 4.69) is 10.6 Å². The van der Waals surface area contributed by atoms with Crippen LogP contribution in [0.5, 0.6) is 11.5 Å². The highest BCUT2D eigenvalue weighted by atomic mass is 35.5. The van der Waals surface area contributed by atoms with Crippen LogP contribution in [-0.4, -0.2) is 19.3 Å². The van der Waals surface area contributed by atoms with Crippen LogP contribution in [0.25, 0.3) is 0 Å². The fraction of sp³-hybridized carbons (Fsp3) is 0.278. The number of rotatable bonds is 5. The Hall–Kier alpha value is -1.69. The molecule has 25 heavy (non-hydrogen) atoms. The Labute approximate surface area is 164 Å². The number of thiocarbonyl (C=S) groups is 1. The van der Waals surface area contributed by atoms with Crippen molar-refractivity contribution in [2.45, 2.75) is 20.4 Å². The normalized spacial score (nSPS) is 9.52. The summed E-state index contributed by atoms with van der Waals surface area (Å²) in [5.41, 5.74) is 1.71. The summed E-state index contributed by atoms with van der Waals surface area (Å²) in [6.07, 6.45) is 0. The molecular weight excluding hydrogens is 379 g/mol. The molecule has 0 aliphatic heterocycles. The smallest absolute Gasteiger partial charge is 0.171 e. The van der Waals surface area contributed by atoms with E-state index in [1.807, 2.05) is 32.0 Å². The first-order valence-corrected chi connectivity index (χ1v) is 8.89. The van der Waals surface area contributed by atoms with Gasteiger partial charge in [0.25, 0.3) is 0 Å². The summed E-state index contributed by atoms with van der Waals surface area (Å²) in [5.74, 6) is 1.45. The van der Waals surface area contributed by atoms with Gasteiger partial charge < -0.3 is 20.1 Å². The van der Waals surface area contributed by atoms with Gasteiger partial charge in [0.05, 0.1) is 14.2 Å². The Kier molecular flexibility index (Phi) is 9.42. The molecule has 0 aliphatic rings. The number of hydrogen-bond donors (Lipinski definition) is 2. The van der Waals surface area contributed by atoms with Crippen molar-refractivity contribution in [3.63, 3.8) is 0 Å². The predicted octanol–water partition coefficient (Wildman–Crippen LogP) is 5.52. The Morgan fingerprint density at radius 3 is 1.92 bits per heavy atom. The number of nitrogens with one attached hydrogen (secondary N) is 2. The van der Waals surface area contributed by atoms with Crippen LogP contribution in [0.1, 0.15) is 19.4 Å². The van der Waals surface area contributed by atoms with Gasteiger partial charge in [-0.3, -0.25) is 0 Å². The van der Waals surface area contributed by atoms with Gasteiger partial charge in [0.2, 0.25) is 0 Å². The molecule has 4 nitrogen and oxygen atoms in total. The lowest BCUT2D eigenvalue weighted by Gasteiger charge is -2.13. The fourth-order valence-electron chi connectivity index (χ4n) is 1.95. The summed E-state index contributed by atoms with van der Waals surface area (Å²) in [6, 6.07) is 10.8. The molecule has 0 unspecified atom stereocenters. The van der Waals surface area contributed by atoms with Crippen molar-refractivity contribution in [1.82, 2.24) is 5.32 Å². The monoisotopic (exact) mass is 400 g/mol. The molecule has 0 fully saturated rings. The Morgan fingerprint density at radius 2 is 1.44 bits per heavy atom. The van der Waals surface area contributed by atoms with Crippen LogP contribution >= 0.6 is 35.4 Å². The zero-order chi connectivity index (χ0) is 18.8. The largest absolute Gasteiger partial charge is 0.497 e. The SMILES string of the molecule is CC.COc1cc(CNC(=S)Nc2cc(Cl)cc(Cl)c2)cc(OC)c1. The average Bonchev–Trinajstić information content (AvgIpc) is 2.60. The van der Waals surface area contributed by atoms with Crippen LogP contribution in [0.3, 0.4) is 0 Å². The van der Waals surface area contributed by atoms with Crippen LogP contribution in [0.2, 0.25) is 10.0 Å². The van der Waals surface area contributed by atoms with Gasteiger partial charge in [-0.25, -0.2) is 0 Å². The van der Waals surface area contributed by atoms with Gasteiger partial charge in [0, 0.05) is 28.3 Å². The van der Waals surface area contributed by atoms with E-state index >= 15 is 0 Å². The maximum atomic E-state index is 5.96. The van der Waals surface area contributed by atoms with Crippen molar-refractivity contribution in [2.24, 2.45) is 0 Å². The van der Waals surface area contributed by atoms with Gasteiger partial charge in [-0.1, -0.05) is 37.0 Å². The summed E-state index contributed by atoms with van der Waals surface area (Å²) in [6.45, 7) is 4.52. The molecule has 0 saturated carbocycles. The van der Waals surface area contributed by atoms with Gasteiger partial charge >= 0.3 is 0 Å². The Balaban J connectivity index is 0.00000151. The maximum absolute atomic E-state index is 5.96. The zero-order valence-corrected chi connectivity index (χ0v) is 17.0. The molecule has 0 heterocycles. The molecule has 0 aliphatic carbocycles. The van der Waals surface area contributed by atoms with Gasteiger partial charge in [0.1, 0.15) is 11.5 Å². The van der Waals surface area contributed by atoms with Crippen LogP contribution in [0.4, 0.5) is 5.69 Å². The quantitative estimate of drug-likeness (QED) is 0.646. The average molecular weight is 401 g/mol. The van der Waals surface area contributed by atoms with Crippen LogP contribution < -0.4 is 20.1 Å². The second-order valence-electron chi connectivity index (χ2n) is 4.69. The lowest BCUT2D eigenvalue weighted by atomic mass is 10.2. The number of hydrogen-bond acceptors (Lipinski definition) is 3. The van der Waals surface area contributed by atoms with E-state index in [0.29, 0.717) is 21.7 Å². The molecule has 0 amide bonds. The summed E-state index contributed by atoms with van der Waals surface area (Å²) >= 11 is 17.2. The molecule has 0 atom stereocenters. The van der Waals surface area contributed by atoms with Gasteiger partial charge in [-0.15, -0.1) is 0 Å². The second-order valence-corrected chi connectivity index (χ2v) is 5.97. The summed E-state index contributed by atoms with van der Waals surface area (Å²) in [5, 5.41) is 7.70. The molecule has 0 saturated heterocycles. The summed E-state index contributed by atoms with van der Waals surface area (Å²) in [7, 11) is 3.22. The standard InChI is InChI=1S/C16H16Cl2N2O2S.C2H6/c1-21-14-3-10(4-15(8-14)22-2)9-19-16(23)20-13-6-11(17)5-12(18)7-13;1-2/h3-8H,9H2,1-2H3,(H2,19,20,23);1-2H3. The second kappa shape index (κ2) is 11.0. The molecule has 2 rings (SSSR count). The van der Waals surface area contributed by atoms with Crippen LogP contribution in [0.15, 0.2) is 36.4 Å². The first-order chi connectivity index (χ1) is 12.0. The highest BCUT2D eigenvalue weighted by Crippen LogP contribution is 2.23. The van der Waals surface area contributed by atoms with Gasteiger partial charge in [0.15, 0.2) is 5.11 Å². The molecule has 7 heteroatoms. The lowest BCUT2D eigenvalue weighted by Crippen LogP contribution is -2.27. The van der Waals surface area contributed by atoms with E-state index in [1.165, 1.54) is 0 Å². The van der Waals surface area contributed by atoms with E-state index in [0.717, 1.165) is 22.7 Å². The first kappa shape index (κ1) is 21.4. The molecule has 2 aromatic rings. The van der Waals surface area contributed by atoms with E-state index in [9.17, 15) is 0 Å². The van der Waals surface area contributed by atoms with E-state index in [1.54, 1.807) is 32.4 Å². The lowest BCUT2D eigenvalue weighted by molar-refractivity contribution is 0.393. The number of methoxy groups -OCH3 is 2. The van der Waals surface area contributed by atoms with Gasteiger partial charge in [-0.2, -0.15) is 0 Å². The number of halogens is 2. The highest BCUT2D eigenvalue weighted by molar-refractivity contribution is 7.80. The predicted molar refractivity (Wildman–Crippen MR) is 110 cm³/mol. The third-order valence-corrected chi connectivity index (χ3v) is 3.67. The minimum Gasteiger partial charge on any atom is -0.497 e. The summed E-state index contributed by atoms with van der Waals surface area (Å²) in [4.78, 5) is 0. The van der Waals surface area contributed by atoms with Crippen LogP contribution in [-0.2, 0) is 6.54 Å². The third kappa shape index (κ3) is 7.38. The minimum atomic E-state index is 0.463. The highest BCUT2D eigenvalue weighted by Gasteiger charge is 2.04. The third-order valence-electron chi connectivity index (χ3n) is 2.98. The first-order valence-electron chi connectivity index (χ1n) is 7.73. The molecule has 0 aromatic heterocycles. The molecule has 2 aromatic carbocycles. The molecule has 0 bridgehead atoms. The molecule has 136 valence electrons. The fourth-order valence-corrected chi connectivity index (χ4v) is 2.67. The minimum absolute atomic E-state index is 0.463. The van der Waals surface area contributed by atoms with Crippen molar-refractivity contribution >= 4 is 46.2 Å². The van der Waals surface area contributed by atoms with E-state index < -0.39 is 0 Å². The van der Waals surface area contributed by atoms with Gasteiger partial charge in [-0.05, 0) is 48.1 Å². The zero-order valence-electron chi connectivity index (χ0n) is 14.7. The van der Waals surface area contributed by atoms with Crippen molar-refractivity contribution in [3.05, 3.63) is 52.0 Å². The number of ether oxygens (including phenoxy) is 2. The summed E-state index contributed by atoms with van der Waals surface area (Å²) < 4.78 is 10.5. The maximum Gasteiger partial charge on any atom is 0.171 e. The molecular formula is C18H22Cl2N2O2S. The van der Waals surface area contributed by atoms with E-state index in [4.69, 9.17) is 44.9 Å². The number of benzene rings is 2. The molecule has 0 spiro atoms.